The second-order valence-corrected chi connectivity index (χ2v) is 6.40. The molecule has 21 heavy (non-hydrogen) atoms. The van der Waals surface area contributed by atoms with Gasteiger partial charge in [-0.3, -0.25) is 0 Å². The number of hydrogen-bond acceptors (Lipinski definition) is 3. The number of halogens is 3. The number of rotatable bonds is 5. The van der Waals surface area contributed by atoms with Crippen LogP contribution >= 0.6 is 45.8 Å². The van der Waals surface area contributed by atoms with Crippen LogP contribution in [-0.2, 0) is 6.42 Å². The molecule has 0 atom stereocenters. The van der Waals surface area contributed by atoms with Crippen molar-refractivity contribution in [3.8, 4) is 11.4 Å². The van der Waals surface area contributed by atoms with Gasteiger partial charge >= 0.3 is 0 Å². The molecule has 0 saturated carbocycles. The summed E-state index contributed by atoms with van der Waals surface area (Å²) in [6.45, 7) is 4.99. The lowest BCUT2D eigenvalue weighted by Gasteiger charge is -2.13. The van der Waals surface area contributed by atoms with E-state index >= 15 is 0 Å². The predicted molar refractivity (Wildman–Crippen MR) is 98.4 cm³/mol. The van der Waals surface area contributed by atoms with E-state index in [1.165, 1.54) is 0 Å². The van der Waals surface area contributed by atoms with Crippen molar-refractivity contribution in [1.29, 1.82) is 0 Å². The summed E-state index contributed by atoms with van der Waals surface area (Å²) in [5, 5.41) is 4.29. The maximum atomic E-state index is 6.29. The molecule has 0 aliphatic rings. The lowest BCUT2D eigenvalue weighted by Crippen LogP contribution is -2.08. The van der Waals surface area contributed by atoms with Gasteiger partial charge in [-0.1, -0.05) is 42.6 Å². The maximum absolute atomic E-state index is 6.29. The second-order valence-electron chi connectivity index (χ2n) is 4.54. The molecule has 3 nitrogen and oxygen atoms in total. The first-order valence-electron chi connectivity index (χ1n) is 6.83. The van der Waals surface area contributed by atoms with Crippen molar-refractivity contribution in [2.45, 2.75) is 26.7 Å². The van der Waals surface area contributed by atoms with E-state index in [1.807, 2.05) is 19.1 Å². The van der Waals surface area contributed by atoms with E-state index in [4.69, 9.17) is 23.2 Å². The maximum Gasteiger partial charge on any atom is 0.163 e. The molecule has 0 radical (unpaired) electrons. The highest BCUT2D eigenvalue weighted by Gasteiger charge is 2.15. The Kier molecular flexibility index (Phi) is 6.08. The first kappa shape index (κ1) is 16.8. The van der Waals surface area contributed by atoms with Crippen molar-refractivity contribution in [3.05, 3.63) is 37.5 Å². The average Bonchev–Trinajstić information content (AvgIpc) is 2.46. The van der Waals surface area contributed by atoms with E-state index in [1.54, 1.807) is 6.07 Å². The van der Waals surface area contributed by atoms with Gasteiger partial charge in [-0.15, -0.1) is 0 Å². The van der Waals surface area contributed by atoms with Crippen LogP contribution in [0.25, 0.3) is 11.4 Å². The molecule has 0 amide bonds. The van der Waals surface area contributed by atoms with Gasteiger partial charge in [0.2, 0.25) is 0 Å². The Morgan fingerprint density at radius 2 is 1.95 bits per heavy atom. The van der Waals surface area contributed by atoms with Crippen LogP contribution < -0.4 is 5.32 Å². The van der Waals surface area contributed by atoms with Crippen LogP contribution in [0, 0.1) is 3.57 Å². The zero-order valence-electron chi connectivity index (χ0n) is 11.9. The van der Waals surface area contributed by atoms with Gasteiger partial charge < -0.3 is 5.32 Å². The van der Waals surface area contributed by atoms with Gasteiger partial charge in [0.25, 0.3) is 0 Å². The SMILES string of the molecule is CCCc1nc(-c2cccc(Cl)c2Cl)nc(NCC)c1I. The van der Waals surface area contributed by atoms with E-state index in [9.17, 15) is 0 Å². The Hall–Kier alpha value is -0.590. The standard InChI is InChI=1S/C15H16Cl2IN3/c1-3-6-11-13(18)15(19-4-2)21-14(20-11)9-7-5-8-10(16)12(9)17/h5,7-8H,3-4,6H2,1-2H3,(H,19,20,21). The van der Waals surface area contributed by atoms with E-state index in [2.05, 4.69) is 44.8 Å². The summed E-state index contributed by atoms with van der Waals surface area (Å²) in [5.74, 6) is 1.46. The lowest BCUT2D eigenvalue weighted by atomic mass is 10.2. The van der Waals surface area contributed by atoms with Gasteiger partial charge in [-0.2, -0.15) is 0 Å². The van der Waals surface area contributed by atoms with Crippen molar-refractivity contribution < 1.29 is 0 Å². The third-order valence-corrected chi connectivity index (χ3v) is 4.90. The van der Waals surface area contributed by atoms with E-state index < -0.39 is 0 Å². The molecule has 0 aliphatic heterocycles. The Labute approximate surface area is 148 Å². The minimum Gasteiger partial charge on any atom is -0.369 e. The molecule has 2 aromatic rings. The number of aryl methyl sites for hydroxylation is 1. The fourth-order valence-corrected chi connectivity index (χ4v) is 3.06. The van der Waals surface area contributed by atoms with Gasteiger partial charge in [-0.05, 0) is 48.1 Å². The van der Waals surface area contributed by atoms with Crippen LogP contribution in [0.1, 0.15) is 26.0 Å². The van der Waals surface area contributed by atoms with E-state index in [-0.39, 0.29) is 0 Å². The minimum atomic E-state index is 0.491. The molecular weight excluding hydrogens is 420 g/mol. The van der Waals surface area contributed by atoms with Crippen LogP contribution in [-0.4, -0.2) is 16.5 Å². The number of benzene rings is 1. The van der Waals surface area contributed by atoms with Gasteiger partial charge in [0.1, 0.15) is 5.82 Å². The number of anilines is 1. The number of hydrogen-bond donors (Lipinski definition) is 1. The van der Waals surface area contributed by atoms with Crippen molar-refractivity contribution >= 4 is 51.6 Å². The van der Waals surface area contributed by atoms with Crippen LogP contribution in [0.2, 0.25) is 10.0 Å². The van der Waals surface area contributed by atoms with Crippen molar-refractivity contribution in [3.63, 3.8) is 0 Å². The highest BCUT2D eigenvalue weighted by Crippen LogP contribution is 2.33. The monoisotopic (exact) mass is 435 g/mol. The topological polar surface area (TPSA) is 37.8 Å². The number of nitrogens with one attached hydrogen (secondary N) is 1. The number of aromatic nitrogens is 2. The molecule has 1 N–H and O–H groups in total. The molecule has 1 heterocycles. The molecule has 0 aliphatic carbocycles. The minimum absolute atomic E-state index is 0.491. The first-order chi connectivity index (χ1) is 10.1. The average molecular weight is 436 g/mol. The summed E-state index contributed by atoms with van der Waals surface area (Å²) in [6.07, 6.45) is 1.94. The summed E-state index contributed by atoms with van der Waals surface area (Å²) in [5.41, 5.74) is 1.80. The Morgan fingerprint density at radius 1 is 1.19 bits per heavy atom. The zero-order valence-corrected chi connectivity index (χ0v) is 15.6. The molecule has 0 saturated heterocycles. The lowest BCUT2D eigenvalue weighted by molar-refractivity contribution is 0.867. The first-order valence-corrected chi connectivity index (χ1v) is 8.66. The summed E-state index contributed by atoms with van der Waals surface area (Å²) in [7, 11) is 0. The fourth-order valence-electron chi connectivity index (χ4n) is 1.98. The van der Waals surface area contributed by atoms with Gasteiger partial charge in [0.15, 0.2) is 5.82 Å². The Balaban J connectivity index is 2.60. The molecule has 1 aromatic carbocycles. The predicted octanol–water partition coefficient (Wildman–Crippen LogP) is 5.44. The molecular formula is C15H16Cl2IN3. The molecule has 1 aromatic heterocycles. The summed E-state index contributed by atoms with van der Waals surface area (Å²) >= 11 is 14.7. The molecule has 0 bridgehead atoms. The third-order valence-electron chi connectivity index (χ3n) is 2.94. The molecule has 0 fully saturated rings. The Morgan fingerprint density at radius 3 is 2.62 bits per heavy atom. The number of nitrogens with zero attached hydrogens (tertiary/aromatic N) is 2. The molecule has 0 spiro atoms. The van der Waals surface area contributed by atoms with Crippen LogP contribution in [0.15, 0.2) is 18.2 Å². The van der Waals surface area contributed by atoms with Gasteiger partial charge in [-0.25, -0.2) is 9.97 Å². The van der Waals surface area contributed by atoms with Crippen molar-refractivity contribution in [2.75, 3.05) is 11.9 Å². The summed E-state index contributed by atoms with van der Waals surface area (Å²) in [4.78, 5) is 9.28. The third kappa shape index (κ3) is 3.79. The molecule has 6 heteroatoms. The molecule has 2 rings (SSSR count). The highest BCUT2D eigenvalue weighted by molar-refractivity contribution is 14.1. The van der Waals surface area contributed by atoms with E-state index in [0.717, 1.165) is 40.0 Å². The smallest absolute Gasteiger partial charge is 0.163 e. The Bertz CT molecular complexity index is 620. The second kappa shape index (κ2) is 7.61. The normalized spacial score (nSPS) is 10.7. The fraction of sp³-hybridized carbons (Fsp3) is 0.333. The van der Waals surface area contributed by atoms with Crippen LogP contribution in [0.4, 0.5) is 5.82 Å². The van der Waals surface area contributed by atoms with Crippen LogP contribution in [0.5, 0.6) is 0 Å². The van der Waals surface area contributed by atoms with Gasteiger partial charge in [0.05, 0.1) is 19.3 Å². The van der Waals surface area contributed by atoms with E-state index in [0.29, 0.717) is 15.9 Å². The summed E-state index contributed by atoms with van der Waals surface area (Å²) in [6, 6.07) is 5.51. The highest BCUT2D eigenvalue weighted by atomic mass is 127. The molecule has 0 unspecified atom stereocenters. The largest absolute Gasteiger partial charge is 0.369 e. The zero-order chi connectivity index (χ0) is 15.4. The van der Waals surface area contributed by atoms with Gasteiger partial charge in [0, 0.05) is 12.1 Å². The quantitative estimate of drug-likeness (QED) is 0.635. The van der Waals surface area contributed by atoms with Crippen molar-refractivity contribution in [1.82, 2.24) is 9.97 Å². The van der Waals surface area contributed by atoms with Crippen LogP contribution in [0.3, 0.4) is 0 Å². The summed E-state index contributed by atoms with van der Waals surface area (Å²) < 4.78 is 1.07. The molecule has 112 valence electrons. The van der Waals surface area contributed by atoms with Crippen molar-refractivity contribution in [2.24, 2.45) is 0 Å².